The average Bonchev–Trinajstić information content (AvgIpc) is 3.08. The molecule has 0 unspecified atom stereocenters. The number of nitrogens with one attached hydrogen (secondary N) is 1. The normalized spacial score (nSPS) is 11.3. The van der Waals surface area contributed by atoms with Crippen molar-refractivity contribution in [3.05, 3.63) is 54.1 Å². The fourth-order valence-corrected chi connectivity index (χ4v) is 3.48. The number of nitrogens with zero attached hydrogens (tertiary/aromatic N) is 4. The Morgan fingerprint density at radius 2 is 1.89 bits per heavy atom. The van der Waals surface area contributed by atoms with Crippen molar-refractivity contribution in [3.8, 4) is 5.69 Å². The first-order valence-corrected chi connectivity index (χ1v) is 10.3. The average molecular weight is 404 g/mol. The zero-order valence-corrected chi connectivity index (χ0v) is 15.9. The van der Waals surface area contributed by atoms with Gasteiger partial charge in [0.2, 0.25) is 21.1 Å². The standard InChI is InChI=1S/C16H16N6O3S2/c1-11-4-2-3-5-14(11)22-16(19-20-21-22)26-10-15(23)18-12-6-8-13(9-7-12)27(17,24)25/h2-9H,10H2,1H3,(H,18,23)(H2,17,24,25). The molecule has 0 spiro atoms. The monoisotopic (exact) mass is 404 g/mol. The first-order valence-electron chi connectivity index (χ1n) is 7.74. The minimum Gasteiger partial charge on any atom is -0.325 e. The van der Waals surface area contributed by atoms with Gasteiger partial charge in [-0.15, -0.1) is 5.10 Å². The molecular formula is C16H16N6O3S2. The summed E-state index contributed by atoms with van der Waals surface area (Å²) in [5.74, 6) is -0.189. The molecule has 0 saturated heterocycles. The van der Waals surface area contributed by atoms with Crippen LogP contribution < -0.4 is 10.5 Å². The number of benzene rings is 2. The van der Waals surface area contributed by atoms with Gasteiger partial charge < -0.3 is 5.32 Å². The summed E-state index contributed by atoms with van der Waals surface area (Å²) < 4.78 is 24.1. The summed E-state index contributed by atoms with van der Waals surface area (Å²) in [4.78, 5) is 12.1. The molecule has 0 radical (unpaired) electrons. The lowest BCUT2D eigenvalue weighted by molar-refractivity contribution is -0.113. The number of anilines is 1. The Labute approximate surface area is 160 Å². The van der Waals surface area contributed by atoms with Crippen LogP contribution in [0.3, 0.4) is 0 Å². The summed E-state index contributed by atoms with van der Waals surface area (Å²) in [7, 11) is -3.76. The number of rotatable bonds is 6. The fraction of sp³-hybridized carbons (Fsp3) is 0.125. The second-order valence-electron chi connectivity index (χ2n) is 5.57. The van der Waals surface area contributed by atoms with Gasteiger partial charge >= 0.3 is 0 Å². The van der Waals surface area contributed by atoms with Gasteiger partial charge in [0.25, 0.3) is 0 Å². The first kappa shape index (κ1) is 19.0. The Balaban J connectivity index is 1.64. The number of para-hydroxylation sites is 1. The van der Waals surface area contributed by atoms with Gasteiger partial charge in [-0.3, -0.25) is 4.79 Å². The molecule has 1 heterocycles. The molecule has 0 atom stereocenters. The van der Waals surface area contributed by atoms with E-state index in [-0.39, 0.29) is 16.6 Å². The summed E-state index contributed by atoms with van der Waals surface area (Å²) in [5.41, 5.74) is 2.31. The third-order valence-electron chi connectivity index (χ3n) is 3.58. The van der Waals surface area contributed by atoms with Crippen LogP contribution in [0.2, 0.25) is 0 Å². The zero-order valence-electron chi connectivity index (χ0n) is 14.2. The van der Waals surface area contributed by atoms with Gasteiger partial charge in [-0.1, -0.05) is 30.0 Å². The van der Waals surface area contributed by atoms with E-state index in [2.05, 4.69) is 20.8 Å². The van der Waals surface area contributed by atoms with Crippen LogP contribution in [0.25, 0.3) is 5.69 Å². The summed E-state index contributed by atoms with van der Waals surface area (Å²) >= 11 is 1.19. The number of primary sulfonamides is 1. The highest BCUT2D eigenvalue weighted by atomic mass is 32.2. The third-order valence-corrected chi connectivity index (χ3v) is 5.43. The van der Waals surface area contributed by atoms with E-state index in [0.29, 0.717) is 10.8 Å². The molecule has 3 rings (SSSR count). The van der Waals surface area contributed by atoms with Crippen LogP contribution in [-0.4, -0.2) is 40.3 Å². The molecule has 2 aromatic carbocycles. The van der Waals surface area contributed by atoms with Crippen LogP contribution in [0.4, 0.5) is 5.69 Å². The molecule has 0 saturated carbocycles. The summed E-state index contributed by atoms with van der Waals surface area (Å²) in [6.07, 6.45) is 0. The van der Waals surface area contributed by atoms with Crippen molar-refractivity contribution in [2.75, 3.05) is 11.1 Å². The molecule has 11 heteroatoms. The van der Waals surface area contributed by atoms with Crippen molar-refractivity contribution in [3.63, 3.8) is 0 Å². The van der Waals surface area contributed by atoms with Gasteiger partial charge in [-0.2, -0.15) is 4.68 Å². The second kappa shape index (κ2) is 7.86. The van der Waals surface area contributed by atoms with E-state index in [1.54, 1.807) is 4.68 Å². The van der Waals surface area contributed by atoms with E-state index in [4.69, 9.17) is 5.14 Å². The molecule has 3 aromatic rings. The third kappa shape index (κ3) is 4.70. The minimum atomic E-state index is -3.76. The fourth-order valence-electron chi connectivity index (χ4n) is 2.28. The minimum absolute atomic E-state index is 0.0210. The van der Waals surface area contributed by atoms with E-state index in [1.165, 1.54) is 36.0 Å². The molecule has 1 aromatic heterocycles. The number of aryl methyl sites for hydroxylation is 1. The smallest absolute Gasteiger partial charge is 0.238 e. The SMILES string of the molecule is Cc1ccccc1-n1nnnc1SCC(=O)Nc1ccc(S(N)(=O)=O)cc1. The predicted octanol–water partition coefficient (Wildman–Crippen LogP) is 1.35. The maximum absolute atomic E-state index is 12.2. The van der Waals surface area contributed by atoms with Crippen LogP contribution in [0.1, 0.15) is 5.56 Å². The Hall–Kier alpha value is -2.76. The van der Waals surface area contributed by atoms with Crippen LogP contribution >= 0.6 is 11.8 Å². The molecule has 0 bridgehead atoms. The highest BCUT2D eigenvalue weighted by molar-refractivity contribution is 7.99. The number of sulfonamides is 1. The van der Waals surface area contributed by atoms with E-state index >= 15 is 0 Å². The summed E-state index contributed by atoms with van der Waals surface area (Å²) in [6, 6.07) is 13.3. The van der Waals surface area contributed by atoms with E-state index in [9.17, 15) is 13.2 Å². The number of carbonyl (C=O) groups excluding carboxylic acids is 1. The lowest BCUT2D eigenvalue weighted by atomic mass is 10.2. The van der Waals surface area contributed by atoms with Crippen molar-refractivity contribution < 1.29 is 13.2 Å². The molecule has 0 aliphatic carbocycles. The predicted molar refractivity (Wildman–Crippen MR) is 101 cm³/mol. The number of hydrogen-bond donors (Lipinski definition) is 2. The molecule has 0 fully saturated rings. The lowest BCUT2D eigenvalue weighted by Gasteiger charge is -2.08. The van der Waals surface area contributed by atoms with Crippen molar-refractivity contribution >= 4 is 33.4 Å². The number of aromatic nitrogens is 4. The van der Waals surface area contributed by atoms with Crippen LogP contribution in [0.5, 0.6) is 0 Å². The van der Waals surface area contributed by atoms with Crippen LogP contribution in [-0.2, 0) is 14.8 Å². The highest BCUT2D eigenvalue weighted by Gasteiger charge is 2.13. The van der Waals surface area contributed by atoms with Crippen molar-refractivity contribution in [2.24, 2.45) is 5.14 Å². The zero-order chi connectivity index (χ0) is 19.4. The largest absolute Gasteiger partial charge is 0.325 e. The van der Waals surface area contributed by atoms with E-state index < -0.39 is 10.0 Å². The molecule has 1 amide bonds. The maximum atomic E-state index is 12.2. The number of hydrogen-bond acceptors (Lipinski definition) is 7. The number of tetrazole rings is 1. The first-order chi connectivity index (χ1) is 12.8. The Morgan fingerprint density at radius 3 is 2.56 bits per heavy atom. The van der Waals surface area contributed by atoms with Crippen LogP contribution in [0, 0.1) is 6.92 Å². The van der Waals surface area contributed by atoms with E-state index in [0.717, 1.165) is 11.3 Å². The Morgan fingerprint density at radius 1 is 1.19 bits per heavy atom. The molecule has 140 valence electrons. The maximum Gasteiger partial charge on any atom is 0.238 e. The van der Waals surface area contributed by atoms with Gasteiger partial charge in [0.05, 0.1) is 16.3 Å². The summed E-state index contributed by atoms with van der Waals surface area (Å²) in [5, 5.41) is 19.8. The van der Waals surface area contributed by atoms with E-state index in [1.807, 2.05) is 31.2 Å². The van der Waals surface area contributed by atoms with Gasteiger partial charge in [0, 0.05) is 5.69 Å². The van der Waals surface area contributed by atoms with Gasteiger partial charge in [0.1, 0.15) is 0 Å². The van der Waals surface area contributed by atoms with Gasteiger partial charge in [0.15, 0.2) is 0 Å². The van der Waals surface area contributed by atoms with Crippen molar-refractivity contribution in [1.82, 2.24) is 20.2 Å². The quantitative estimate of drug-likeness (QED) is 0.592. The lowest BCUT2D eigenvalue weighted by Crippen LogP contribution is -2.15. The van der Waals surface area contributed by atoms with Gasteiger partial charge in [-0.25, -0.2) is 13.6 Å². The number of nitrogens with two attached hydrogens (primary N) is 1. The molecule has 0 aliphatic heterocycles. The van der Waals surface area contributed by atoms with Crippen LogP contribution in [0.15, 0.2) is 58.6 Å². The Bertz CT molecular complexity index is 1060. The highest BCUT2D eigenvalue weighted by Crippen LogP contribution is 2.21. The Kier molecular flexibility index (Phi) is 5.54. The molecule has 27 heavy (non-hydrogen) atoms. The van der Waals surface area contributed by atoms with Gasteiger partial charge in [-0.05, 0) is 53.2 Å². The molecular weight excluding hydrogens is 388 g/mol. The second-order valence-corrected chi connectivity index (χ2v) is 8.07. The van der Waals surface area contributed by atoms with Crippen molar-refractivity contribution in [1.29, 1.82) is 0 Å². The number of amides is 1. The summed E-state index contributed by atoms with van der Waals surface area (Å²) in [6.45, 7) is 1.95. The topological polar surface area (TPSA) is 133 Å². The molecule has 9 nitrogen and oxygen atoms in total. The number of carbonyl (C=O) groups is 1. The van der Waals surface area contributed by atoms with Crippen molar-refractivity contribution in [2.45, 2.75) is 17.0 Å². The molecule has 3 N–H and O–H groups in total. The number of thioether (sulfide) groups is 1. The molecule has 0 aliphatic rings.